The normalized spacial score (nSPS) is 20.0. The number of methoxy groups -OCH3 is 1. The van der Waals surface area contributed by atoms with E-state index in [2.05, 4.69) is 14.9 Å². The molecule has 1 unspecified atom stereocenters. The van der Waals surface area contributed by atoms with E-state index in [1.165, 1.54) is 19.3 Å². The van der Waals surface area contributed by atoms with Gasteiger partial charge in [0.2, 0.25) is 0 Å². The Hall–Kier alpha value is -1.59. The molecule has 3 rings (SSSR count). The number of nitrogens with one attached hydrogen (secondary N) is 1. The quantitative estimate of drug-likeness (QED) is 0.886. The minimum absolute atomic E-state index is 0.262. The lowest BCUT2D eigenvalue weighted by molar-refractivity contribution is 0.110. The van der Waals surface area contributed by atoms with Gasteiger partial charge in [0.15, 0.2) is 0 Å². The van der Waals surface area contributed by atoms with Crippen LogP contribution in [0.1, 0.15) is 31.5 Å². The monoisotopic (exact) mass is 289 g/mol. The van der Waals surface area contributed by atoms with Crippen LogP contribution in [-0.2, 0) is 6.54 Å². The highest BCUT2D eigenvalue weighted by atomic mass is 16.5. The van der Waals surface area contributed by atoms with Crippen molar-refractivity contribution >= 4 is 11.0 Å². The first-order valence-electron chi connectivity index (χ1n) is 7.67. The number of rotatable bonds is 5. The van der Waals surface area contributed by atoms with Crippen molar-refractivity contribution in [3.63, 3.8) is 0 Å². The summed E-state index contributed by atoms with van der Waals surface area (Å²) in [6, 6.07) is 6.37. The van der Waals surface area contributed by atoms with E-state index in [0.29, 0.717) is 6.04 Å². The van der Waals surface area contributed by atoms with Gasteiger partial charge in [0, 0.05) is 18.7 Å². The smallest absolute Gasteiger partial charge is 0.121 e. The summed E-state index contributed by atoms with van der Waals surface area (Å²) in [7, 11) is 1.67. The van der Waals surface area contributed by atoms with E-state index in [1.54, 1.807) is 7.11 Å². The number of nitrogens with zero attached hydrogens (tertiary/aromatic N) is 2. The van der Waals surface area contributed by atoms with E-state index in [-0.39, 0.29) is 6.61 Å². The zero-order valence-corrected chi connectivity index (χ0v) is 12.5. The van der Waals surface area contributed by atoms with E-state index in [0.717, 1.165) is 42.1 Å². The zero-order chi connectivity index (χ0) is 14.7. The number of hydrogen-bond donors (Lipinski definition) is 2. The van der Waals surface area contributed by atoms with Gasteiger partial charge in [-0.15, -0.1) is 0 Å². The van der Waals surface area contributed by atoms with Crippen LogP contribution in [0.2, 0.25) is 0 Å². The molecule has 1 fully saturated rings. The third-order valence-electron chi connectivity index (χ3n) is 4.30. The van der Waals surface area contributed by atoms with Crippen LogP contribution in [0, 0.1) is 0 Å². The van der Waals surface area contributed by atoms with Crippen LogP contribution >= 0.6 is 0 Å². The first-order chi connectivity index (χ1) is 10.3. The number of hydrogen-bond acceptors (Lipinski definition) is 4. The second-order valence-electron chi connectivity index (χ2n) is 5.70. The van der Waals surface area contributed by atoms with Gasteiger partial charge in [-0.05, 0) is 37.9 Å². The van der Waals surface area contributed by atoms with Gasteiger partial charge in [-0.1, -0.05) is 6.42 Å². The van der Waals surface area contributed by atoms with Crippen molar-refractivity contribution in [2.75, 3.05) is 20.3 Å². The molecule has 0 saturated carbocycles. The Morgan fingerprint density at radius 2 is 2.33 bits per heavy atom. The van der Waals surface area contributed by atoms with Gasteiger partial charge in [0.25, 0.3) is 0 Å². The maximum Gasteiger partial charge on any atom is 0.121 e. The number of fused-ring (bicyclic) bond motifs is 1. The molecule has 5 heteroatoms. The molecule has 2 N–H and O–H groups in total. The van der Waals surface area contributed by atoms with Crippen LogP contribution in [0.4, 0.5) is 0 Å². The van der Waals surface area contributed by atoms with Crippen molar-refractivity contribution in [3.8, 4) is 5.75 Å². The number of ether oxygens (including phenoxy) is 1. The fourth-order valence-corrected chi connectivity index (χ4v) is 3.18. The fourth-order valence-electron chi connectivity index (χ4n) is 3.18. The molecule has 1 aromatic carbocycles. The molecule has 114 valence electrons. The molecule has 1 aliphatic rings. The summed E-state index contributed by atoms with van der Waals surface area (Å²) < 4.78 is 5.24. The lowest BCUT2D eigenvalue weighted by atomic mass is 10.00. The second-order valence-corrected chi connectivity index (χ2v) is 5.70. The first-order valence-corrected chi connectivity index (χ1v) is 7.67. The Labute approximate surface area is 124 Å². The summed E-state index contributed by atoms with van der Waals surface area (Å²) in [6.45, 7) is 2.17. The zero-order valence-electron chi connectivity index (χ0n) is 12.5. The van der Waals surface area contributed by atoms with Gasteiger partial charge in [-0.3, -0.25) is 4.90 Å². The highest BCUT2D eigenvalue weighted by Gasteiger charge is 2.22. The van der Waals surface area contributed by atoms with E-state index in [1.807, 2.05) is 18.2 Å². The Balaban J connectivity index is 1.76. The number of piperidine rings is 1. The third-order valence-corrected chi connectivity index (χ3v) is 4.30. The van der Waals surface area contributed by atoms with Crippen LogP contribution < -0.4 is 4.74 Å². The number of aromatic nitrogens is 2. The second kappa shape index (κ2) is 6.45. The van der Waals surface area contributed by atoms with Crippen molar-refractivity contribution < 1.29 is 9.84 Å². The number of likely N-dealkylation sites (tertiary alicyclic amines) is 1. The van der Waals surface area contributed by atoms with Crippen molar-refractivity contribution in [2.45, 2.75) is 38.3 Å². The molecule has 2 aromatic rings. The SMILES string of the molecule is COc1ccc2nc(CN3CCCCC3CCO)[nH]c2c1. The Bertz CT molecular complexity index is 594. The minimum atomic E-state index is 0.262. The van der Waals surface area contributed by atoms with Gasteiger partial charge < -0.3 is 14.8 Å². The lowest BCUT2D eigenvalue weighted by Gasteiger charge is -2.34. The topological polar surface area (TPSA) is 61.4 Å². The van der Waals surface area contributed by atoms with Crippen LogP contribution in [0.15, 0.2) is 18.2 Å². The summed E-state index contributed by atoms with van der Waals surface area (Å²) in [5, 5.41) is 9.21. The summed E-state index contributed by atoms with van der Waals surface area (Å²) in [4.78, 5) is 10.5. The number of aliphatic hydroxyl groups is 1. The fraction of sp³-hybridized carbons (Fsp3) is 0.562. The molecule has 0 bridgehead atoms. The summed E-state index contributed by atoms with van der Waals surface area (Å²) in [5.41, 5.74) is 1.99. The van der Waals surface area contributed by atoms with E-state index >= 15 is 0 Å². The van der Waals surface area contributed by atoms with E-state index < -0.39 is 0 Å². The molecule has 0 aliphatic carbocycles. The molecule has 0 radical (unpaired) electrons. The van der Waals surface area contributed by atoms with Gasteiger partial charge in [-0.25, -0.2) is 4.98 Å². The number of aliphatic hydroxyl groups excluding tert-OH is 1. The molecule has 1 atom stereocenters. The maximum atomic E-state index is 9.21. The molecule has 21 heavy (non-hydrogen) atoms. The number of aromatic amines is 1. The van der Waals surface area contributed by atoms with Crippen molar-refractivity contribution in [3.05, 3.63) is 24.0 Å². The summed E-state index contributed by atoms with van der Waals surface area (Å²) in [5.74, 6) is 1.83. The van der Waals surface area contributed by atoms with Crippen LogP contribution in [0.25, 0.3) is 11.0 Å². The predicted molar refractivity (Wildman–Crippen MR) is 82.4 cm³/mol. The predicted octanol–water partition coefficient (Wildman–Crippen LogP) is 2.31. The maximum absolute atomic E-state index is 9.21. The van der Waals surface area contributed by atoms with E-state index in [4.69, 9.17) is 4.74 Å². The average molecular weight is 289 g/mol. The Kier molecular flexibility index (Phi) is 4.41. The van der Waals surface area contributed by atoms with Crippen LogP contribution in [0.5, 0.6) is 5.75 Å². The molecule has 0 spiro atoms. The van der Waals surface area contributed by atoms with Crippen molar-refractivity contribution in [1.82, 2.24) is 14.9 Å². The largest absolute Gasteiger partial charge is 0.497 e. The van der Waals surface area contributed by atoms with Crippen molar-refractivity contribution in [2.24, 2.45) is 0 Å². The highest BCUT2D eigenvalue weighted by molar-refractivity contribution is 5.76. The number of imidazole rings is 1. The van der Waals surface area contributed by atoms with Gasteiger partial charge in [0.1, 0.15) is 11.6 Å². The van der Waals surface area contributed by atoms with Gasteiger partial charge in [0.05, 0.1) is 24.7 Å². The molecule has 5 nitrogen and oxygen atoms in total. The number of H-pyrrole nitrogens is 1. The number of benzene rings is 1. The molecular formula is C16H23N3O2. The van der Waals surface area contributed by atoms with Crippen LogP contribution in [-0.4, -0.2) is 46.3 Å². The standard InChI is InChI=1S/C16H23N3O2/c1-21-13-5-6-14-15(10-13)18-16(17-14)11-19-8-3-2-4-12(19)7-9-20/h5-6,10,12,20H,2-4,7-9,11H2,1H3,(H,17,18). The van der Waals surface area contributed by atoms with E-state index in [9.17, 15) is 5.11 Å². The molecule has 0 amide bonds. The Morgan fingerprint density at radius 3 is 3.14 bits per heavy atom. The molecule has 1 aliphatic heterocycles. The summed E-state index contributed by atoms with van der Waals surface area (Å²) >= 11 is 0. The molecule has 1 aromatic heterocycles. The summed E-state index contributed by atoms with van der Waals surface area (Å²) in [6.07, 6.45) is 4.52. The van der Waals surface area contributed by atoms with Crippen LogP contribution in [0.3, 0.4) is 0 Å². The highest BCUT2D eigenvalue weighted by Crippen LogP contribution is 2.23. The van der Waals surface area contributed by atoms with Gasteiger partial charge >= 0.3 is 0 Å². The lowest BCUT2D eigenvalue weighted by Crippen LogP contribution is -2.39. The minimum Gasteiger partial charge on any atom is -0.497 e. The van der Waals surface area contributed by atoms with Crippen molar-refractivity contribution in [1.29, 1.82) is 0 Å². The molecule has 1 saturated heterocycles. The Morgan fingerprint density at radius 1 is 1.43 bits per heavy atom. The molecule has 2 heterocycles. The third kappa shape index (κ3) is 3.19. The molecular weight excluding hydrogens is 266 g/mol. The first kappa shape index (κ1) is 14.4. The van der Waals surface area contributed by atoms with Gasteiger partial charge in [-0.2, -0.15) is 0 Å². The average Bonchev–Trinajstić information content (AvgIpc) is 2.90.